The quantitative estimate of drug-likeness (QED) is 0.202. The second-order valence-corrected chi connectivity index (χ2v) is 9.63. The topological polar surface area (TPSA) is 115 Å². The Bertz CT molecular complexity index is 1560. The van der Waals surface area contributed by atoms with Gasteiger partial charge in [-0.05, 0) is 54.6 Å². The summed E-state index contributed by atoms with van der Waals surface area (Å²) in [6.07, 6.45) is 3.02. The van der Waals surface area contributed by atoms with Gasteiger partial charge in [0.2, 0.25) is 5.91 Å². The summed E-state index contributed by atoms with van der Waals surface area (Å²) < 4.78 is 37.2. The Kier molecular flexibility index (Phi) is 8.98. The molecule has 1 amide bonds. The molecule has 0 aliphatic carbocycles. The number of hydrogen-bond donors (Lipinski definition) is 2. The van der Waals surface area contributed by atoms with Crippen LogP contribution in [0.15, 0.2) is 77.7 Å². The first-order valence-electron chi connectivity index (χ1n) is 10.9. The van der Waals surface area contributed by atoms with Crippen LogP contribution in [0.5, 0.6) is 11.5 Å². The molecule has 0 atom stereocenters. The van der Waals surface area contributed by atoms with E-state index in [4.69, 9.17) is 9.47 Å². The number of para-hydroxylation sites is 1. The molecule has 0 spiro atoms. The Morgan fingerprint density at radius 3 is 2.22 bits per heavy atom. The van der Waals surface area contributed by atoms with Crippen molar-refractivity contribution >= 4 is 68.2 Å². The van der Waals surface area contributed by atoms with Gasteiger partial charge >= 0.3 is 0 Å². The van der Waals surface area contributed by atoms with Gasteiger partial charge in [-0.3, -0.25) is 9.59 Å². The van der Waals surface area contributed by atoms with Crippen LogP contribution in [-0.4, -0.2) is 68.9 Å². The van der Waals surface area contributed by atoms with Crippen molar-refractivity contribution in [2.75, 3.05) is 14.2 Å². The molecule has 0 fully saturated rings. The number of carbonyl (C=O) groups excluding carboxylic acids is 2. The fraction of sp³-hybridized carbons (Fsp3) is 0.111. The zero-order valence-electron chi connectivity index (χ0n) is 20.9. The van der Waals surface area contributed by atoms with Crippen molar-refractivity contribution < 1.29 is 27.5 Å². The molecule has 185 valence electrons. The van der Waals surface area contributed by atoms with Crippen molar-refractivity contribution in [1.82, 2.24) is 9.71 Å². The van der Waals surface area contributed by atoms with Gasteiger partial charge in [0, 0.05) is 70.1 Å². The Balaban J connectivity index is 0.00000380. The monoisotopic (exact) mass is 527 g/mol. The van der Waals surface area contributed by atoms with Gasteiger partial charge in [-0.2, -0.15) is 0 Å². The summed E-state index contributed by atoms with van der Waals surface area (Å²) in [6.45, 7) is 1.11. The zero-order valence-corrected chi connectivity index (χ0v) is 23.7. The van der Waals surface area contributed by atoms with E-state index in [1.165, 1.54) is 37.5 Å². The number of ether oxygens (including phenoxy) is 2. The number of hydrogen-bond acceptors (Lipinski definition) is 6. The fourth-order valence-corrected chi connectivity index (χ4v) is 4.78. The van der Waals surface area contributed by atoms with E-state index in [1.807, 2.05) is 41.1 Å². The predicted octanol–water partition coefficient (Wildman–Crippen LogP) is 4.19. The summed E-state index contributed by atoms with van der Waals surface area (Å²) in [4.78, 5) is 27.2. The molecule has 4 aromatic rings. The number of H-pyrrole nitrogens is 1. The van der Waals surface area contributed by atoms with Gasteiger partial charge in [0.1, 0.15) is 11.5 Å². The minimum absolute atomic E-state index is 0. The SMILES string of the molecule is COc1cc(OC)c(-c2cc3ccccc3[nH]2)cc1/C=C/C(=O)c1ccc(S(=O)(=O)NC(C)=O)cc1.[Na]. The van der Waals surface area contributed by atoms with Crippen molar-refractivity contribution in [3.63, 3.8) is 0 Å². The second kappa shape index (κ2) is 11.8. The number of carbonyl (C=O) groups is 2. The van der Waals surface area contributed by atoms with Gasteiger partial charge in [-0.15, -0.1) is 0 Å². The molecule has 3 aromatic carbocycles. The molecule has 0 saturated heterocycles. The molecule has 0 aliphatic rings. The van der Waals surface area contributed by atoms with Crippen LogP contribution < -0.4 is 14.2 Å². The molecule has 1 heterocycles. The summed E-state index contributed by atoms with van der Waals surface area (Å²) in [5.41, 5.74) is 3.59. The van der Waals surface area contributed by atoms with Crippen LogP contribution in [0.25, 0.3) is 28.2 Å². The number of amides is 1. The second-order valence-electron chi connectivity index (χ2n) is 7.95. The third-order valence-electron chi connectivity index (χ3n) is 5.51. The maximum atomic E-state index is 12.8. The van der Waals surface area contributed by atoms with Gasteiger partial charge in [-0.1, -0.05) is 18.2 Å². The van der Waals surface area contributed by atoms with Crippen LogP contribution in [0.3, 0.4) is 0 Å². The van der Waals surface area contributed by atoms with E-state index >= 15 is 0 Å². The summed E-state index contributed by atoms with van der Waals surface area (Å²) in [5.74, 6) is 0.104. The molecule has 0 aliphatic heterocycles. The molecule has 10 heteroatoms. The molecule has 0 bridgehead atoms. The molecule has 0 saturated carbocycles. The fourth-order valence-electron chi connectivity index (χ4n) is 3.79. The van der Waals surface area contributed by atoms with Crippen molar-refractivity contribution in [3.05, 3.63) is 83.9 Å². The van der Waals surface area contributed by atoms with Crippen molar-refractivity contribution in [1.29, 1.82) is 0 Å². The van der Waals surface area contributed by atoms with Gasteiger partial charge in [-0.25, -0.2) is 13.1 Å². The molecule has 2 N–H and O–H groups in total. The van der Waals surface area contributed by atoms with E-state index in [1.54, 1.807) is 19.3 Å². The molecule has 37 heavy (non-hydrogen) atoms. The van der Waals surface area contributed by atoms with Crippen LogP contribution >= 0.6 is 0 Å². The number of aromatic nitrogens is 1. The van der Waals surface area contributed by atoms with E-state index in [-0.39, 0.29) is 45.8 Å². The van der Waals surface area contributed by atoms with E-state index in [9.17, 15) is 18.0 Å². The van der Waals surface area contributed by atoms with Crippen LogP contribution in [0.1, 0.15) is 22.8 Å². The molecule has 1 aromatic heterocycles. The maximum absolute atomic E-state index is 12.8. The number of ketones is 1. The smallest absolute Gasteiger partial charge is 0.264 e. The number of sulfonamides is 1. The summed E-state index contributed by atoms with van der Waals surface area (Å²) in [5, 5.41) is 1.06. The minimum Gasteiger partial charge on any atom is -0.496 e. The Morgan fingerprint density at radius 1 is 0.919 bits per heavy atom. The van der Waals surface area contributed by atoms with Gasteiger partial charge in [0.15, 0.2) is 5.78 Å². The normalized spacial score (nSPS) is 11.2. The number of nitrogens with one attached hydrogen (secondary N) is 2. The molecule has 1 radical (unpaired) electrons. The van der Waals surface area contributed by atoms with Gasteiger partial charge < -0.3 is 14.5 Å². The Hall–Kier alpha value is -3.37. The number of fused-ring (bicyclic) bond motifs is 1. The number of allylic oxidation sites excluding steroid dienone is 1. The largest absolute Gasteiger partial charge is 0.496 e. The van der Waals surface area contributed by atoms with E-state index in [0.717, 1.165) is 29.1 Å². The average Bonchev–Trinajstić information content (AvgIpc) is 3.30. The van der Waals surface area contributed by atoms with Gasteiger partial charge in [0.25, 0.3) is 10.0 Å². The first-order valence-corrected chi connectivity index (χ1v) is 12.4. The third kappa shape index (κ3) is 6.31. The van der Waals surface area contributed by atoms with Gasteiger partial charge in [0.05, 0.1) is 24.8 Å². The van der Waals surface area contributed by atoms with Crippen LogP contribution in [0.2, 0.25) is 0 Å². The number of benzene rings is 3. The predicted molar refractivity (Wildman–Crippen MR) is 143 cm³/mol. The van der Waals surface area contributed by atoms with Crippen molar-refractivity contribution in [2.45, 2.75) is 11.8 Å². The van der Waals surface area contributed by atoms with E-state index in [0.29, 0.717) is 17.1 Å². The first kappa shape index (κ1) is 28.2. The van der Waals surface area contributed by atoms with E-state index < -0.39 is 15.9 Å². The first-order chi connectivity index (χ1) is 17.2. The molecule has 0 unspecified atom stereocenters. The summed E-state index contributed by atoms with van der Waals surface area (Å²) >= 11 is 0. The third-order valence-corrected chi connectivity index (χ3v) is 6.96. The summed E-state index contributed by atoms with van der Waals surface area (Å²) in [7, 11) is -0.862. The average molecular weight is 528 g/mol. The molecule has 4 rings (SSSR count). The minimum atomic E-state index is -3.97. The number of methoxy groups -OCH3 is 2. The molecule has 8 nitrogen and oxygen atoms in total. The zero-order chi connectivity index (χ0) is 25.9. The Labute approximate surface area is 237 Å². The van der Waals surface area contributed by atoms with Crippen molar-refractivity contribution in [2.24, 2.45) is 0 Å². The summed E-state index contributed by atoms with van der Waals surface area (Å²) in [6, 6.07) is 18.9. The number of aromatic amines is 1. The van der Waals surface area contributed by atoms with Crippen LogP contribution in [0, 0.1) is 0 Å². The molecular weight excluding hydrogens is 503 g/mol. The van der Waals surface area contributed by atoms with Crippen molar-refractivity contribution in [3.8, 4) is 22.8 Å². The van der Waals surface area contributed by atoms with Crippen LogP contribution in [-0.2, 0) is 14.8 Å². The van der Waals surface area contributed by atoms with E-state index in [2.05, 4.69) is 4.98 Å². The molecular formula is C27H24N2NaO6S. The maximum Gasteiger partial charge on any atom is 0.264 e. The number of rotatable bonds is 8. The Morgan fingerprint density at radius 2 is 1.59 bits per heavy atom. The standard InChI is InChI=1S/C27H24N2O6S.Na/c1-17(30)29-36(32,33)21-11-8-18(9-12-21)25(31)13-10-20-14-22(27(35-3)16-26(20)34-2)24-15-19-6-4-5-7-23(19)28-24;/h4-16,28H,1-3H3,(H,29,30);/b13-10+;. The van der Waals surface area contributed by atoms with Crippen LogP contribution in [0.4, 0.5) is 0 Å².